The molecule has 152 valence electrons. The number of amides is 1. The molecule has 2 aromatic heterocycles. The molecule has 6 nitrogen and oxygen atoms in total. The van der Waals surface area contributed by atoms with E-state index in [4.69, 9.17) is 9.15 Å². The molecule has 1 amide bonds. The third-order valence-corrected chi connectivity index (χ3v) is 4.82. The second-order valence-corrected chi connectivity index (χ2v) is 7.10. The Hall–Kier alpha value is -3.80. The minimum atomic E-state index is -0.349. The van der Waals surface area contributed by atoms with E-state index >= 15 is 0 Å². The third-order valence-electron chi connectivity index (χ3n) is 4.82. The molecule has 0 unspecified atom stereocenters. The summed E-state index contributed by atoms with van der Waals surface area (Å²) >= 11 is 0. The maximum absolute atomic E-state index is 12.5. The lowest BCUT2D eigenvalue weighted by Gasteiger charge is -2.06. The quantitative estimate of drug-likeness (QED) is 0.475. The second kappa shape index (κ2) is 8.69. The number of hydrogen-bond acceptors (Lipinski definition) is 4. The number of carbonyl (C=O) groups is 1. The maximum Gasteiger partial charge on any atom is 0.292 e. The first kappa shape index (κ1) is 19.5. The third kappa shape index (κ3) is 4.60. The van der Waals surface area contributed by atoms with Gasteiger partial charge in [0.05, 0.1) is 6.54 Å². The molecule has 0 spiro atoms. The number of nitrogens with one attached hydrogen (secondary N) is 1. The van der Waals surface area contributed by atoms with Crippen LogP contribution in [0.4, 0.5) is 5.82 Å². The molecule has 0 bridgehead atoms. The van der Waals surface area contributed by atoms with Crippen LogP contribution in [-0.4, -0.2) is 15.7 Å². The van der Waals surface area contributed by atoms with Crippen LogP contribution >= 0.6 is 0 Å². The summed E-state index contributed by atoms with van der Waals surface area (Å²) in [6.45, 7) is 4.94. The Morgan fingerprint density at radius 2 is 1.77 bits per heavy atom. The number of rotatable bonds is 7. The van der Waals surface area contributed by atoms with Crippen molar-refractivity contribution in [2.75, 3.05) is 5.32 Å². The fraction of sp³-hybridized carbons (Fsp3) is 0.167. The topological polar surface area (TPSA) is 69.3 Å². The molecule has 6 heteroatoms. The molecule has 2 heterocycles. The van der Waals surface area contributed by atoms with E-state index in [2.05, 4.69) is 29.5 Å². The lowest BCUT2D eigenvalue weighted by molar-refractivity contribution is 0.0992. The Labute approximate surface area is 175 Å². The standard InChI is InChI=1S/C24H23N3O3/c1-17-7-3-5-9-19(17)15-27-14-13-23(26-27)25-24(28)22-12-11-20(30-22)16-29-21-10-6-4-8-18(21)2/h3-14H,15-16H2,1-2H3,(H,25,26,28). The molecule has 0 saturated carbocycles. The molecule has 30 heavy (non-hydrogen) atoms. The maximum atomic E-state index is 12.5. The summed E-state index contributed by atoms with van der Waals surface area (Å²) in [6.07, 6.45) is 1.84. The van der Waals surface area contributed by atoms with Crippen LogP contribution in [0.2, 0.25) is 0 Å². The Kier molecular flexibility index (Phi) is 5.66. The van der Waals surface area contributed by atoms with Crippen molar-refractivity contribution in [2.45, 2.75) is 27.0 Å². The molecule has 2 aromatic carbocycles. The first-order valence-corrected chi connectivity index (χ1v) is 9.75. The van der Waals surface area contributed by atoms with Gasteiger partial charge in [0, 0.05) is 12.3 Å². The van der Waals surface area contributed by atoms with Gasteiger partial charge in [-0.3, -0.25) is 9.48 Å². The molecule has 0 aliphatic heterocycles. The van der Waals surface area contributed by atoms with E-state index in [1.54, 1.807) is 22.9 Å². The Morgan fingerprint density at radius 1 is 1.00 bits per heavy atom. The Bertz CT molecular complexity index is 1160. The lowest BCUT2D eigenvalue weighted by Crippen LogP contribution is -2.12. The van der Waals surface area contributed by atoms with Gasteiger partial charge in [-0.15, -0.1) is 0 Å². The molecule has 0 fully saturated rings. The molecule has 0 saturated heterocycles. The monoisotopic (exact) mass is 401 g/mol. The van der Waals surface area contributed by atoms with Crippen molar-refractivity contribution in [1.82, 2.24) is 9.78 Å². The fourth-order valence-electron chi connectivity index (χ4n) is 3.10. The average molecular weight is 401 g/mol. The van der Waals surface area contributed by atoms with Gasteiger partial charge < -0.3 is 14.5 Å². The van der Waals surface area contributed by atoms with Crippen LogP contribution in [0.15, 0.2) is 77.3 Å². The molecule has 4 rings (SSSR count). The Balaban J connectivity index is 1.35. The van der Waals surface area contributed by atoms with E-state index in [-0.39, 0.29) is 18.3 Å². The van der Waals surface area contributed by atoms with Crippen LogP contribution in [0.3, 0.4) is 0 Å². The number of ether oxygens (including phenoxy) is 1. The first-order chi connectivity index (χ1) is 14.6. The minimum Gasteiger partial charge on any atom is -0.485 e. The summed E-state index contributed by atoms with van der Waals surface area (Å²) in [7, 11) is 0. The van der Waals surface area contributed by atoms with E-state index in [0.717, 1.165) is 11.3 Å². The number of benzene rings is 2. The van der Waals surface area contributed by atoms with Gasteiger partial charge in [-0.25, -0.2) is 0 Å². The number of aryl methyl sites for hydroxylation is 2. The number of anilines is 1. The van der Waals surface area contributed by atoms with Crippen molar-refractivity contribution in [3.05, 3.63) is 101 Å². The van der Waals surface area contributed by atoms with Crippen LogP contribution in [0.1, 0.15) is 33.0 Å². The first-order valence-electron chi connectivity index (χ1n) is 9.75. The summed E-state index contributed by atoms with van der Waals surface area (Å²) in [5.74, 6) is 1.71. The number of para-hydroxylation sites is 1. The van der Waals surface area contributed by atoms with Crippen LogP contribution in [0.25, 0.3) is 0 Å². The van der Waals surface area contributed by atoms with Gasteiger partial charge in [0.25, 0.3) is 5.91 Å². The highest BCUT2D eigenvalue weighted by molar-refractivity contribution is 6.01. The number of hydrogen-bond donors (Lipinski definition) is 1. The lowest BCUT2D eigenvalue weighted by atomic mass is 10.1. The summed E-state index contributed by atoms with van der Waals surface area (Å²) < 4.78 is 13.2. The van der Waals surface area contributed by atoms with Crippen molar-refractivity contribution in [2.24, 2.45) is 0 Å². The number of carbonyl (C=O) groups excluding carboxylic acids is 1. The number of nitrogens with zero attached hydrogens (tertiary/aromatic N) is 2. The van der Waals surface area contributed by atoms with E-state index in [9.17, 15) is 4.79 Å². The number of aromatic nitrogens is 2. The van der Waals surface area contributed by atoms with Gasteiger partial charge in [-0.1, -0.05) is 42.5 Å². The summed E-state index contributed by atoms with van der Waals surface area (Å²) in [5.41, 5.74) is 3.43. The summed E-state index contributed by atoms with van der Waals surface area (Å²) in [4.78, 5) is 12.5. The molecule has 0 aliphatic rings. The highest BCUT2D eigenvalue weighted by Crippen LogP contribution is 2.19. The zero-order valence-corrected chi connectivity index (χ0v) is 17.0. The van der Waals surface area contributed by atoms with Crippen LogP contribution < -0.4 is 10.1 Å². The van der Waals surface area contributed by atoms with E-state index in [1.807, 2.05) is 49.5 Å². The highest BCUT2D eigenvalue weighted by atomic mass is 16.5. The number of furan rings is 1. The Morgan fingerprint density at radius 3 is 2.57 bits per heavy atom. The summed E-state index contributed by atoms with van der Waals surface area (Å²) in [5, 5.41) is 7.19. The predicted molar refractivity (Wildman–Crippen MR) is 115 cm³/mol. The smallest absolute Gasteiger partial charge is 0.292 e. The van der Waals surface area contributed by atoms with E-state index in [0.29, 0.717) is 18.1 Å². The van der Waals surface area contributed by atoms with Crippen molar-refractivity contribution in [3.63, 3.8) is 0 Å². The van der Waals surface area contributed by atoms with Crippen molar-refractivity contribution in [1.29, 1.82) is 0 Å². The molecule has 0 radical (unpaired) electrons. The average Bonchev–Trinajstić information content (AvgIpc) is 3.39. The van der Waals surface area contributed by atoms with E-state index < -0.39 is 0 Å². The molecular formula is C24H23N3O3. The molecule has 0 atom stereocenters. The van der Waals surface area contributed by atoms with Gasteiger partial charge in [0.15, 0.2) is 11.6 Å². The molecular weight excluding hydrogens is 378 g/mol. The van der Waals surface area contributed by atoms with Crippen LogP contribution in [-0.2, 0) is 13.2 Å². The predicted octanol–water partition coefficient (Wildman–Crippen LogP) is 4.97. The van der Waals surface area contributed by atoms with E-state index in [1.165, 1.54) is 11.1 Å². The van der Waals surface area contributed by atoms with Crippen molar-refractivity contribution >= 4 is 11.7 Å². The van der Waals surface area contributed by atoms with Crippen molar-refractivity contribution in [3.8, 4) is 5.75 Å². The highest BCUT2D eigenvalue weighted by Gasteiger charge is 2.13. The fourth-order valence-corrected chi connectivity index (χ4v) is 3.10. The molecule has 0 aliphatic carbocycles. The van der Waals surface area contributed by atoms with Crippen LogP contribution in [0.5, 0.6) is 5.75 Å². The van der Waals surface area contributed by atoms with Crippen molar-refractivity contribution < 1.29 is 13.9 Å². The van der Waals surface area contributed by atoms with Gasteiger partial charge in [0.1, 0.15) is 18.1 Å². The zero-order valence-electron chi connectivity index (χ0n) is 17.0. The van der Waals surface area contributed by atoms with Gasteiger partial charge in [-0.05, 0) is 48.7 Å². The van der Waals surface area contributed by atoms with Gasteiger partial charge in [0.2, 0.25) is 0 Å². The van der Waals surface area contributed by atoms with Gasteiger partial charge in [-0.2, -0.15) is 5.10 Å². The zero-order chi connectivity index (χ0) is 20.9. The second-order valence-electron chi connectivity index (χ2n) is 7.10. The SMILES string of the molecule is Cc1ccccc1Cn1ccc(NC(=O)c2ccc(COc3ccccc3C)o2)n1. The molecule has 4 aromatic rings. The molecule has 1 N–H and O–H groups in total. The normalized spacial score (nSPS) is 10.7. The summed E-state index contributed by atoms with van der Waals surface area (Å²) in [6, 6.07) is 21.1. The minimum absolute atomic E-state index is 0.215. The van der Waals surface area contributed by atoms with Crippen LogP contribution in [0, 0.1) is 13.8 Å². The largest absolute Gasteiger partial charge is 0.485 e. The van der Waals surface area contributed by atoms with Gasteiger partial charge >= 0.3 is 0 Å².